The summed E-state index contributed by atoms with van der Waals surface area (Å²) in [6.45, 7) is 1.93. The molecule has 5 heteroatoms. The molecule has 82 valence electrons. The first-order valence-corrected chi connectivity index (χ1v) is 5.01. The van der Waals surface area contributed by atoms with Crippen LogP contribution >= 0.6 is 11.6 Å². The maximum atomic E-state index is 11.0. The fourth-order valence-electron chi connectivity index (χ4n) is 1.50. The second-order valence-electron chi connectivity index (χ2n) is 3.43. The largest absolute Gasteiger partial charge is 0.477 e. The van der Waals surface area contributed by atoms with Crippen LogP contribution in [0.3, 0.4) is 0 Å². The van der Waals surface area contributed by atoms with Crippen LogP contribution < -0.4 is 0 Å². The standard InChI is InChI=1S/C11H9ClN2O2/c1-6-3-2-4-7(5-6)8-9(10(15)16)14-11(12)13-8/h2-5H,1H3,(H,13,14)(H,15,16). The molecule has 1 heterocycles. The molecule has 0 unspecified atom stereocenters. The zero-order valence-electron chi connectivity index (χ0n) is 8.49. The highest BCUT2D eigenvalue weighted by Crippen LogP contribution is 2.24. The molecule has 0 amide bonds. The fourth-order valence-corrected chi connectivity index (χ4v) is 1.68. The molecule has 2 aromatic rings. The molecule has 0 aliphatic rings. The van der Waals surface area contributed by atoms with Gasteiger partial charge in [-0.25, -0.2) is 9.78 Å². The Balaban J connectivity index is 2.59. The summed E-state index contributed by atoms with van der Waals surface area (Å²) in [6, 6.07) is 7.43. The van der Waals surface area contributed by atoms with Crippen molar-refractivity contribution in [2.45, 2.75) is 6.92 Å². The van der Waals surface area contributed by atoms with Gasteiger partial charge in [0.15, 0.2) is 5.69 Å². The van der Waals surface area contributed by atoms with Gasteiger partial charge in [-0.3, -0.25) is 0 Å². The number of aromatic amines is 1. The molecule has 2 rings (SSSR count). The molecule has 0 radical (unpaired) electrons. The highest BCUT2D eigenvalue weighted by molar-refractivity contribution is 6.28. The van der Waals surface area contributed by atoms with Crippen LogP contribution in [0.25, 0.3) is 11.3 Å². The number of imidazole rings is 1. The minimum Gasteiger partial charge on any atom is -0.477 e. The van der Waals surface area contributed by atoms with E-state index in [9.17, 15) is 4.79 Å². The van der Waals surface area contributed by atoms with Gasteiger partial charge >= 0.3 is 5.97 Å². The number of carboxylic acid groups (broad SMARTS) is 1. The number of nitrogens with zero attached hydrogens (tertiary/aromatic N) is 1. The first-order chi connectivity index (χ1) is 7.58. The van der Waals surface area contributed by atoms with E-state index in [1.807, 2.05) is 25.1 Å². The Labute approximate surface area is 96.9 Å². The molecule has 0 aliphatic heterocycles. The van der Waals surface area contributed by atoms with Crippen LogP contribution in [0.5, 0.6) is 0 Å². The number of halogens is 1. The second kappa shape index (κ2) is 3.98. The van der Waals surface area contributed by atoms with Gasteiger partial charge in [0, 0.05) is 5.56 Å². The van der Waals surface area contributed by atoms with Crippen LogP contribution in [0.4, 0.5) is 0 Å². The van der Waals surface area contributed by atoms with Gasteiger partial charge in [-0.05, 0) is 24.6 Å². The molecule has 4 nitrogen and oxygen atoms in total. The van der Waals surface area contributed by atoms with Crippen molar-refractivity contribution in [2.24, 2.45) is 0 Å². The second-order valence-corrected chi connectivity index (χ2v) is 3.78. The predicted octanol–water partition coefficient (Wildman–Crippen LogP) is 2.74. The lowest BCUT2D eigenvalue weighted by Gasteiger charge is -1.99. The first kappa shape index (κ1) is 10.7. The van der Waals surface area contributed by atoms with Crippen LogP contribution in [0.2, 0.25) is 5.28 Å². The molecular formula is C11H9ClN2O2. The minimum atomic E-state index is -1.07. The van der Waals surface area contributed by atoms with E-state index in [1.165, 1.54) is 0 Å². The summed E-state index contributed by atoms with van der Waals surface area (Å²) in [5, 5.41) is 9.06. The predicted molar refractivity (Wildman–Crippen MR) is 60.7 cm³/mol. The number of aromatic carboxylic acids is 1. The Morgan fingerprint density at radius 3 is 2.88 bits per heavy atom. The van der Waals surface area contributed by atoms with Gasteiger partial charge in [0.1, 0.15) is 5.69 Å². The SMILES string of the molecule is Cc1cccc(-c2nc(Cl)[nH]c2C(=O)O)c1. The zero-order chi connectivity index (χ0) is 11.7. The summed E-state index contributed by atoms with van der Waals surface area (Å²) in [6.07, 6.45) is 0. The lowest BCUT2D eigenvalue weighted by Crippen LogP contribution is -1.99. The van der Waals surface area contributed by atoms with Crippen LogP contribution in [0.15, 0.2) is 24.3 Å². The summed E-state index contributed by atoms with van der Waals surface area (Å²) in [7, 11) is 0. The number of rotatable bonds is 2. The van der Waals surface area contributed by atoms with E-state index in [1.54, 1.807) is 6.07 Å². The van der Waals surface area contributed by atoms with E-state index in [0.717, 1.165) is 11.1 Å². The number of hydrogen-bond acceptors (Lipinski definition) is 2. The van der Waals surface area contributed by atoms with Crippen molar-refractivity contribution < 1.29 is 9.90 Å². The van der Waals surface area contributed by atoms with E-state index in [4.69, 9.17) is 16.7 Å². The van der Waals surface area contributed by atoms with Crippen LogP contribution in [0, 0.1) is 6.92 Å². The van der Waals surface area contributed by atoms with Gasteiger partial charge in [0.25, 0.3) is 0 Å². The zero-order valence-corrected chi connectivity index (χ0v) is 9.25. The van der Waals surface area contributed by atoms with E-state index in [0.29, 0.717) is 5.69 Å². The highest BCUT2D eigenvalue weighted by Gasteiger charge is 2.16. The Bertz CT molecular complexity index is 549. The number of aromatic nitrogens is 2. The molecule has 0 atom stereocenters. The average molecular weight is 237 g/mol. The topological polar surface area (TPSA) is 66.0 Å². The van der Waals surface area contributed by atoms with E-state index < -0.39 is 5.97 Å². The molecule has 1 aromatic heterocycles. The molecule has 0 fully saturated rings. The lowest BCUT2D eigenvalue weighted by molar-refractivity contribution is 0.0692. The fraction of sp³-hybridized carbons (Fsp3) is 0.0909. The number of hydrogen-bond donors (Lipinski definition) is 2. The van der Waals surface area contributed by atoms with Crippen molar-refractivity contribution in [3.8, 4) is 11.3 Å². The third-order valence-electron chi connectivity index (χ3n) is 2.18. The first-order valence-electron chi connectivity index (χ1n) is 4.64. The molecule has 1 aromatic carbocycles. The number of nitrogens with one attached hydrogen (secondary N) is 1. The monoisotopic (exact) mass is 236 g/mol. The van der Waals surface area contributed by atoms with Crippen LogP contribution in [0.1, 0.15) is 16.1 Å². The van der Waals surface area contributed by atoms with Gasteiger partial charge in [-0.2, -0.15) is 0 Å². The van der Waals surface area contributed by atoms with E-state index in [-0.39, 0.29) is 11.0 Å². The Kier molecular flexibility index (Phi) is 2.66. The lowest BCUT2D eigenvalue weighted by atomic mass is 10.1. The van der Waals surface area contributed by atoms with Crippen molar-refractivity contribution in [3.05, 3.63) is 40.8 Å². The van der Waals surface area contributed by atoms with Crippen LogP contribution in [-0.4, -0.2) is 21.0 Å². The van der Waals surface area contributed by atoms with Gasteiger partial charge in [0.05, 0.1) is 0 Å². The summed E-state index contributed by atoms with van der Waals surface area (Å²) in [5.41, 5.74) is 2.14. The number of benzene rings is 1. The molecule has 0 bridgehead atoms. The van der Waals surface area contributed by atoms with E-state index in [2.05, 4.69) is 9.97 Å². The summed E-state index contributed by atoms with van der Waals surface area (Å²) in [4.78, 5) is 17.5. The summed E-state index contributed by atoms with van der Waals surface area (Å²) >= 11 is 5.67. The van der Waals surface area contributed by atoms with Crippen molar-refractivity contribution in [1.29, 1.82) is 0 Å². The number of aryl methyl sites for hydroxylation is 1. The van der Waals surface area contributed by atoms with Crippen molar-refractivity contribution in [1.82, 2.24) is 9.97 Å². The normalized spacial score (nSPS) is 10.4. The molecule has 2 N–H and O–H groups in total. The Hall–Kier alpha value is -1.81. The summed E-state index contributed by atoms with van der Waals surface area (Å²) in [5.74, 6) is -1.07. The molecule has 0 saturated heterocycles. The van der Waals surface area contributed by atoms with Crippen molar-refractivity contribution in [2.75, 3.05) is 0 Å². The van der Waals surface area contributed by atoms with Gasteiger partial charge in [0.2, 0.25) is 5.28 Å². The maximum Gasteiger partial charge on any atom is 0.354 e. The average Bonchev–Trinajstić information content (AvgIpc) is 2.60. The number of carbonyl (C=O) groups is 1. The van der Waals surface area contributed by atoms with Gasteiger partial charge in [-0.1, -0.05) is 23.8 Å². The van der Waals surface area contributed by atoms with Crippen molar-refractivity contribution >= 4 is 17.6 Å². The molecule has 0 aliphatic carbocycles. The quantitative estimate of drug-likeness (QED) is 0.843. The molecular weight excluding hydrogens is 228 g/mol. The van der Waals surface area contributed by atoms with E-state index >= 15 is 0 Å². The molecule has 0 saturated carbocycles. The Morgan fingerprint density at radius 2 is 2.25 bits per heavy atom. The molecule has 16 heavy (non-hydrogen) atoms. The third kappa shape index (κ3) is 1.92. The minimum absolute atomic E-state index is 0.00981. The summed E-state index contributed by atoms with van der Waals surface area (Å²) < 4.78 is 0. The maximum absolute atomic E-state index is 11.0. The number of H-pyrrole nitrogens is 1. The smallest absolute Gasteiger partial charge is 0.354 e. The number of carboxylic acids is 1. The van der Waals surface area contributed by atoms with Gasteiger partial charge < -0.3 is 10.1 Å². The molecule has 0 spiro atoms. The Morgan fingerprint density at radius 1 is 1.50 bits per heavy atom. The highest BCUT2D eigenvalue weighted by atomic mass is 35.5. The van der Waals surface area contributed by atoms with Crippen LogP contribution in [-0.2, 0) is 0 Å². The third-order valence-corrected chi connectivity index (χ3v) is 2.36. The van der Waals surface area contributed by atoms with Gasteiger partial charge in [-0.15, -0.1) is 0 Å². The van der Waals surface area contributed by atoms with Crippen molar-refractivity contribution in [3.63, 3.8) is 0 Å².